The van der Waals surface area contributed by atoms with Gasteiger partial charge in [0.05, 0.1) is 5.54 Å². The van der Waals surface area contributed by atoms with Crippen LogP contribution in [0.5, 0.6) is 0 Å². The predicted octanol–water partition coefficient (Wildman–Crippen LogP) is 2.60. The Morgan fingerprint density at radius 2 is 1.47 bits per heavy atom. The van der Waals surface area contributed by atoms with Gasteiger partial charge in [-0.15, -0.1) is 0 Å². The average molecular weight is 233 g/mol. The molecule has 0 atom stereocenters. The Morgan fingerprint density at radius 3 is 1.67 bits per heavy atom. The lowest BCUT2D eigenvalue weighted by atomic mass is 9.96. The highest BCUT2D eigenvalue weighted by Gasteiger charge is 2.71. The minimum atomic E-state index is -5.45. The SMILES string of the molecule is O=C=NC1(C(C(F)(F)F)C(F)(F)F)CC1. The van der Waals surface area contributed by atoms with E-state index in [1.54, 1.807) is 0 Å². The summed E-state index contributed by atoms with van der Waals surface area (Å²) in [4.78, 5) is 12.4. The molecule has 1 fully saturated rings. The second-order valence-electron chi connectivity index (χ2n) is 3.32. The van der Waals surface area contributed by atoms with Crippen molar-refractivity contribution in [2.24, 2.45) is 10.9 Å². The van der Waals surface area contributed by atoms with Crippen LogP contribution in [0.2, 0.25) is 0 Å². The molecule has 0 N–H and O–H groups in total. The van der Waals surface area contributed by atoms with Crippen LogP contribution in [-0.2, 0) is 4.79 Å². The van der Waals surface area contributed by atoms with Crippen molar-refractivity contribution in [1.29, 1.82) is 0 Å². The summed E-state index contributed by atoms with van der Waals surface area (Å²) < 4.78 is 73.0. The summed E-state index contributed by atoms with van der Waals surface area (Å²) >= 11 is 0. The molecule has 8 heteroatoms. The first-order valence-electron chi connectivity index (χ1n) is 3.86. The van der Waals surface area contributed by atoms with Crippen LogP contribution in [0.25, 0.3) is 0 Å². The molecule has 0 radical (unpaired) electrons. The van der Waals surface area contributed by atoms with Gasteiger partial charge in [-0.2, -0.15) is 31.3 Å². The van der Waals surface area contributed by atoms with E-state index in [2.05, 4.69) is 4.99 Å². The van der Waals surface area contributed by atoms with Crippen molar-refractivity contribution in [1.82, 2.24) is 0 Å². The molecule has 0 bridgehead atoms. The Labute approximate surface area is 80.0 Å². The molecule has 2 nitrogen and oxygen atoms in total. The zero-order chi connectivity index (χ0) is 11.9. The third kappa shape index (κ3) is 2.31. The molecule has 1 aliphatic rings. The van der Waals surface area contributed by atoms with Gasteiger partial charge in [-0.25, -0.2) is 4.79 Å². The molecule has 0 aromatic rings. The van der Waals surface area contributed by atoms with Crippen LogP contribution in [0.15, 0.2) is 4.99 Å². The molecular weight excluding hydrogens is 228 g/mol. The number of halogens is 6. The van der Waals surface area contributed by atoms with Gasteiger partial charge >= 0.3 is 12.4 Å². The van der Waals surface area contributed by atoms with Crippen LogP contribution in [0.4, 0.5) is 26.3 Å². The number of hydrogen-bond donors (Lipinski definition) is 0. The Balaban J connectivity index is 3.09. The summed E-state index contributed by atoms with van der Waals surface area (Å²) in [5.74, 6) is -3.57. The number of aliphatic imine (C=N–C) groups is 1. The Hall–Kier alpha value is -1.04. The third-order valence-corrected chi connectivity index (χ3v) is 2.22. The van der Waals surface area contributed by atoms with E-state index in [1.165, 1.54) is 0 Å². The standard InChI is InChI=1S/C7H5F6NO/c8-6(9,10)4(7(11,12)13)5(1-2-5)14-3-15/h4H,1-2H2. The van der Waals surface area contributed by atoms with Crippen molar-refractivity contribution < 1.29 is 31.1 Å². The third-order valence-electron chi connectivity index (χ3n) is 2.22. The smallest absolute Gasteiger partial charge is 0.211 e. The molecule has 1 aliphatic carbocycles. The zero-order valence-electron chi connectivity index (χ0n) is 7.11. The topological polar surface area (TPSA) is 29.4 Å². The molecule has 0 amide bonds. The van der Waals surface area contributed by atoms with Crippen LogP contribution in [-0.4, -0.2) is 24.0 Å². The van der Waals surface area contributed by atoms with Crippen LogP contribution >= 0.6 is 0 Å². The van der Waals surface area contributed by atoms with Gasteiger partial charge in [0.2, 0.25) is 6.08 Å². The molecular formula is C7H5F6NO. The molecule has 1 saturated carbocycles. The number of alkyl halides is 6. The molecule has 0 unspecified atom stereocenters. The number of carbonyl (C=O) groups excluding carboxylic acids is 1. The molecule has 0 saturated heterocycles. The number of nitrogens with zero attached hydrogens (tertiary/aromatic N) is 1. The minimum Gasteiger partial charge on any atom is -0.211 e. The summed E-state index contributed by atoms with van der Waals surface area (Å²) in [6.07, 6.45) is -10.9. The highest BCUT2D eigenvalue weighted by atomic mass is 19.4. The Morgan fingerprint density at radius 1 is 1.07 bits per heavy atom. The first-order chi connectivity index (χ1) is 6.63. The molecule has 0 aliphatic heterocycles. The van der Waals surface area contributed by atoms with E-state index < -0.39 is 36.7 Å². The van der Waals surface area contributed by atoms with E-state index >= 15 is 0 Å². The molecule has 0 heterocycles. The fraction of sp³-hybridized carbons (Fsp3) is 0.857. The number of isocyanates is 1. The van der Waals surface area contributed by atoms with Gasteiger partial charge in [-0.05, 0) is 12.8 Å². The van der Waals surface area contributed by atoms with E-state index in [0.29, 0.717) is 0 Å². The number of hydrogen-bond acceptors (Lipinski definition) is 2. The van der Waals surface area contributed by atoms with Crippen LogP contribution in [0.3, 0.4) is 0 Å². The summed E-state index contributed by atoms with van der Waals surface area (Å²) in [7, 11) is 0. The summed E-state index contributed by atoms with van der Waals surface area (Å²) in [6.45, 7) is 0. The second-order valence-corrected chi connectivity index (χ2v) is 3.32. The maximum Gasteiger partial charge on any atom is 0.402 e. The first-order valence-corrected chi connectivity index (χ1v) is 3.86. The number of rotatable bonds is 2. The van der Waals surface area contributed by atoms with Gasteiger partial charge in [0.1, 0.15) is 0 Å². The lowest BCUT2D eigenvalue weighted by molar-refractivity contribution is -0.292. The highest BCUT2D eigenvalue weighted by Crippen LogP contribution is 2.57. The predicted molar refractivity (Wildman–Crippen MR) is 35.7 cm³/mol. The first kappa shape index (κ1) is 12.0. The van der Waals surface area contributed by atoms with Gasteiger partial charge in [0.15, 0.2) is 5.92 Å². The molecule has 0 aromatic heterocycles. The van der Waals surface area contributed by atoms with Gasteiger partial charge in [0.25, 0.3) is 0 Å². The van der Waals surface area contributed by atoms with E-state index in [-0.39, 0.29) is 0 Å². The minimum absolute atomic E-state index is 0.397. The van der Waals surface area contributed by atoms with Gasteiger partial charge in [-0.1, -0.05) is 0 Å². The zero-order valence-corrected chi connectivity index (χ0v) is 7.11. The second kappa shape index (κ2) is 3.23. The van der Waals surface area contributed by atoms with E-state index in [9.17, 15) is 31.1 Å². The van der Waals surface area contributed by atoms with Crippen molar-refractivity contribution in [3.8, 4) is 0 Å². The van der Waals surface area contributed by atoms with Gasteiger partial charge in [0, 0.05) is 0 Å². The van der Waals surface area contributed by atoms with Gasteiger partial charge in [-0.3, -0.25) is 0 Å². The molecule has 0 aromatic carbocycles. The van der Waals surface area contributed by atoms with E-state index in [4.69, 9.17) is 0 Å². The fourth-order valence-electron chi connectivity index (χ4n) is 1.48. The lowest BCUT2D eigenvalue weighted by Gasteiger charge is -2.27. The van der Waals surface area contributed by atoms with Crippen LogP contribution < -0.4 is 0 Å². The van der Waals surface area contributed by atoms with E-state index in [0.717, 1.165) is 6.08 Å². The summed E-state index contributed by atoms with van der Waals surface area (Å²) in [5, 5.41) is 0. The maximum atomic E-state index is 12.2. The van der Waals surface area contributed by atoms with Crippen LogP contribution in [0, 0.1) is 5.92 Å². The largest absolute Gasteiger partial charge is 0.402 e. The van der Waals surface area contributed by atoms with E-state index in [1.807, 2.05) is 0 Å². The monoisotopic (exact) mass is 233 g/mol. The quantitative estimate of drug-likeness (QED) is 0.409. The summed E-state index contributed by atoms with van der Waals surface area (Å²) in [5.41, 5.74) is -2.36. The Kier molecular flexibility index (Phi) is 2.59. The summed E-state index contributed by atoms with van der Waals surface area (Å²) in [6, 6.07) is 0. The molecule has 86 valence electrons. The normalized spacial score (nSPS) is 19.9. The molecule has 15 heavy (non-hydrogen) atoms. The van der Waals surface area contributed by atoms with Crippen molar-refractivity contribution in [2.45, 2.75) is 30.7 Å². The highest BCUT2D eigenvalue weighted by molar-refractivity contribution is 5.37. The van der Waals surface area contributed by atoms with Crippen molar-refractivity contribution in [2.75, 3.05) is 0 Å². The average Bonchev–Trinajstić information content (AvgIpc) is 2.62. The Bertz CT molecular complexity index is 282. The van der Waals surface area contributed by atoms with Crippen molar-refractivity contribution >= 4 is 6.08 Å². The lowest BCUT2D eigenvalue weighted by Crippen LogP contribution is -2.45. The van der Waals surface area contributed by atoms with Gasteiger partial charge < -0.3 is 0 Å². The van der Waals surface area contributed by atoms with Crippen LogP contribution in [0.1, 0.15) is 12.8 Å². The van der Waals surface area contributed by atoms with Crippen molar-refractivity contribution in [3.63, 3.8) is 0 Å². The van der Waals surface area contributed by atoms with Crippen molar-refractivity contribution in [3.05, 3.63) is 0 Å². The fourth-order valence-corrected chi connectivity index (χ4v) is 1.48. The molecule has 1 rings (SSSR count). The molecule has 0 spiro atoms. The maximum absolute atomic E-state index is 12.2.